The molecule has 5 N–H and O–H groups in total. The molecule has 0 bridgehead atoms. The Morgan fingerprint density at radius 1 is 1.28 bits per heavy atom. The van der Waals surface area contributed by atoms with Crippen LogP contribution >= 0.6 is 11.6 Å². The van der Waals surface area contributed by atoms with Gasteiger partial charge in [0.05, 0.1) is 0 Å². The van der Waals surface area contributed by atoms with Crippen molar-refractivity contribution in [2.45, 2.75) is 25.8 Å². The van der Waals surface area contributed by atoms with Crippen molar-refractivity contribution in [1.82, 2.24) is 10.3 Å². The molecule has 7 heteroatoms. The second-order valence-electron chi connectivity index (χ2n) is 6.14. The summed E-state index contributed by atoms with van der Waals surface area (Å²) in [6, 6.07) is 11.8. The number of aromatic nitrogens is 1. The number of hydrogen-bond acceptors (Lipinski definition) is 4. The van der Waals surface area contributed by atoms with Gasteiger partial charge in [-0.15, -0.1) is 0 Å². The van der Waals surface area contributed by atoms with E-state index in [-0.39, 0.29) is 5.96 Å². The number of pyridine rings is 1. The summed E-state index contributed by atoms with van der Waals surface area (Å²) in [5.74, 6) is 1.67. The van der Waals surface area contributed by atoms with Crippen LogP contribution in [0.15, 0.2) is 41.4 Å². The number of guanidine groups is 1. The summed E-state index contributed by atoms with van der Waals surface area (Å²) in [6.07, 6.45) is 2.18. The minimum absolute atomic E-state index is 0.285. The molecular formula is C18H23ClN6. The molecule has 1 aliphatic heterocycles. The molecule has 0 amide bonds. The van der Waals surface area contributed by atoms with E-state index in [0.29, 0.717) is 11.9 Å². The van der Waals surface area contributed by atoms with Gasteiger partial charge in [0, 0.05) is 16.8 Å². The predicted molar refractivity (Wildman–Crippen MR) is 105 cm³/mol. The fourth-order valence-electron chi connectivity index (χ4n) is 2.76. The fourth-order valence-corrected chi connectivity index (χ4v) is 2.88. The van der Waals surface area contributed by atoms with Crippen LogP contribution in [0, 0.1) is 6.92 Å². The van der Waals surface area contributed by atoms with E-state index in [1.165, 1.54) is 0 Å². The highest BCUT2D eigenvalue weighted by Gasteiger charge is 2.13. The molecule has 0 radical (unpaired) electrons. The molecule has 1 saturated heterocycles. The average molecular weight is 359 g/mol. The van der Waals surface area contributed by atoms with Crippen LogP contribution in [0.5, 0.6) is 0 Å². The summed E-state index contributed by atoms with van der Waals surface area (Å²) < 4.78 is 0. The number of nitrogens with one attached hydrogen (secondary N) is 3. The Morgan fingerprint density at radius 2 is 2.08 bits per heavy atom. The van der Waals surface area contributed by atoms with Gasteiger partial charge in [-0.25, -0.2) is 4.98 Å². The van der Waals surface area contributed by atoms with Gasteiger partial charge >= 0.3 is 0 Å². The van der Waals surface area contributed by atoms with Crippen LogP contribution in [0.25, 0.3) is 0 Å². The lowest BCUT2D eigenvalue weighted by Crippen LogP contribution is -2.35. The molecule has 0 atom stereocenters. The molecule has 6 nitrogen and oxygen atoms in total. The molecule has 1 fully saturated rings. The first kappa shape index (κ1) is 17.5. The van der Waals surface area contributed by atoms with Crippen molar-refractivity contribution < 1.29 is 0 Å². The fraction of sp³-hybridized carbons (Fsp3) is 0.333. The van der Waals surface area contributed by atoms with Gasteiger partial charge in [0.1, 0.15) is 5.82 Å². The van der Waals surface area contributed by atoms with Crippen molar-refractivity contribution in [2.24, 2.45) is 10.7 Å². The van der Waals surface area contributed by atoms with Gasteiger partial charge in [0.15, 0.2) is 11.8 Å². The number of nitrogens with zero attached hydrogens (tertiary/aromatic N) is 2. The van der Waals surface area contributed by atoms with Gasteiger partial charge in [-0.3, -0.25) is 0 Å². The summed E-state index contributed by atoms with van der Waals surface area (Å²) in [5.41, 5.74) is 7.81. The lowest BCUT2D eigenvalue weighted by atomic mass is 10.1. The minimum Gasteiger partial charge on any atom is -0.369 e. The standard InChI is InChI=1S/C18H23ClN6/c1-12-11-14(5-6-15(12)19)23-18(20)25-17-4-2-3-16(24-17)22-13-7-9-21-10-8-13/h2-6,11,13,21H,7-10H2,1H3,(H4,20,22,23,24,25). The molecule has 3 rings (SSSR count). The number of benzene rings is 1. The van der Waals surface area contributed by atoms with Crippen LogP contribution in [-0.2, 0) is 0 Å². The van der Waals surface area contributed by atoms with Crippen LogP contribution in [0.4, 0.5) is 17.3 Å². The molecule has 0 saturated carbocycles. The maximum Gasteiger partial charge on any atom is 0.199 e. The highest BCUT2D eigenvalue weighted by atomic mass is 35.5. The number of nitrogens with two attached hydrogens (primary N) is 1. The topological polar surface area (TPSA) is 87.4 Å². The molecule has 2 aromatic rings. The Kier molecular flexibility index (Phi) is 5.73. The summed E-state index contributed by atoms with van der Waals surface area (Å²) in [6.45, 7) is 4.01. The van der Waals surface area contributed by atoms with Crippen LogP contribution < -0.4 is 21.7 Å². The van der Waals surface area contributed by atoms with E-state index in [2.05, 4.69) is 25.9 Å². The maximum absolute atomic E-state index is 6.03. The SMILES string of the molecule is Cc1cc(NC(N)=Nc2cccc(NC3CCNCC3)n2)ccc1Cl. The monoisotopic (exact) mass is 358 g/mol. The van der Waals surface area contributed by atoms with Gasteiger partial charge in [-0.05, 0) is 68.8 Å². The lowest BCUT2D eigenvalue weighted by Gasteiger charge is -2.24. The normalized spacial score (nSPS) is 15.8. The zero-order valence-corrected chi connectivity index (χ0v) is 15.0. The molecule has 2 heterocycles. The molecule has 132 valence electrons. The Balaban J connectivity index is 1.67. The lowest BCUT2D eigenvalue weighted by molar-refractivity contribution is 0.478. The summed E-state index contributed by atoms with van der Waals surface area (Å²) in [4.78, 5) is 8.87. The second kappa shape index (κ2) is 8.18. The van der Waals surface area contributed by atoms with Gasteiger partial charge in [0.25, 0.3) is 0 Å². The number of aryl methyl sites for hydroxylation is 1. The largest absolute Gasteiger partial charge is 0.369 e. The maximum atomic E-state index is 6.03. The number of rotatable bonds is 4. The number of anilines is 2. The van der Waals surface area contributed by atoms with Crippen LogP contribution in [-0.4, -0.2) is 30.1 Å². The Bertz CT molecular complexity index is 755. The molecule has 1 aliphatic rings. The van der Waals surface area contributed by atoms with Gasteiger partial charge in [-0.2, -0.15) is 4.99 Å². The zero-order valence-electron chi connectivity index (χ0n) is 14.2. The first-order valence-electron chi connectivity index (χ1n) is 8.42. The first-order chi connectivity index (χ1) is 12.1. The third kappa shape index (κ3) is 5.08. The third-order valence-electron chi connectivity index (χ3n) is 4.09. The molecule has 0 spiro atoms. The number of hydrogen-bond donors (Lipinski definition) is 4. The highest BCUT2D eigenvalue weighted by Crippen LogP contribution is 2.20. The van der Waals surface area contributed by atoms with Crippen molar-refractivity contribution >= 4 is 34.9 Å². The second-order valence-corrected chi connectivity index (χ2v) is 6.54. The Morgan fingerprint density at radius 3 is 2.84 bits per heavy atom. The quantitative estimate of drug-likeness (QED) is 0.497. The molecule has 1 aromatic carbocycles. The van der Waals surface area contributed by atoms with E-state index < -0.39 is 0 Å². The Labute approximate surface area is 152 Å². The number of piperidine rings is 1. The molecule has 1 aromatic heterocycles. The van der Waals surface area contributed by atoms with Gasteiger partial charge < -0.3 is 21.7 Å². The average Bonchev–Trinajstić information content (AvgIpc) is 2.59. The van der Waals surface area contributed by atoms with E-state index >= 15 is 0 Å². The van der Waals surface area contributed by atoms with E-state index in [4.69, 9.17) is 17.3 Å². The van der Waals surface area contributed by atoms with Crippen LogP contribution in [0.1, 0.15) is 18.4 Å². The molecule has 0 unspecified atom stereocenters. The number of aliphatic imine (C=N–C) groups is 1. The summed E-state index contributed by atoms with van der Waals surface area (Å²) >= 11 is 6.03. The van der Waals surface area contributed by atoms with E-state index in [0.717, 1.165) is 48.0 Å². The molecule has 25 heavy (non-hydrogen) atoms. The smallest absolute Gasteiger partial charge is 0.199 e. The number of halogens is 1. The predicted octanol–water partition coefficient (Wildman–Crippen LogP) is 3.27. The van der Waals surface area contributed by atoms with Crippen molar-refractivity contribution in [1.29, 1.82) is 0 Å². The third-order valence-corrected chi connectivity index (χ3v) is 4.51. The zero-order chi connectivity index (χ0) is 17.6. The van der Waals surface area contributed by atoms with Crippen LogP contribution in [0.2, 0.25) is 5.02 Å². The van der Waals surface area contributed by atoms with Crippen LogP contribution in [0.3, 0.4) is 0 Å². The molecular weight excluding hydrogens is 336 g/mol. The van der Waals surface area contributed by atoms with E-state index in [1.54, 1.807) is 0 Å². The van der Waals surface area contributed by atoms with Crippen molar-refractivity contribution in [3.8, 4) is 0 Å². The highest BCUT2D eigenvalue weighted by molar-refractivity contribution is 6.31. The minimum atomic E-state index is 0.285. The Hall–Kier alpha value is -2.31. The van der Waals surface area contributed by atoms with E-state index in [1.807, 2.05) is 43.3 Å². The molecule has 0 aliphatic carbocycles. The van der Waals surface area contributed by atoms with Gasteiger partial charge in [0.2, 0.25) is 0 Å². The summed E-state index contributed by atoms with van der Waals surface area (Å²) in [7, 11) is 0. The van der Waals surface area contributed by atoms with Crippen molar-refractivity contribution in [3.05, 3.63) is 47.0 Å². The summed E-state index contributed by atoms with van der Waals surface area (Å²) in [5, 5.41) is 10.6. The van der Waals surface area contributed by atoms with E-state index in [9.17, 15) is 0 Å². The van der Waals surface area contributed by atoms with Crippen molar-refractivity contribution in [3.63, 3.8) is 0 Å². The van der Waals surface area contributed by atoms with Crippen molar-refractivity contribution in [2.75, 3.05) is 23.7 Å². The first-order valence-corrected chi connectivity index (χ1v) is 8.79. The van der Waals surface area contributed by atoms with Gasteiger partial charge in [-0.1, -0.05) is 17.7 Å².